The van der Waals surface area contributed by atoms with Crippen LogP contribution in [0.25, 0.3) is 17.4 Å². The average molecular weight is 425 g/mol. The van der Waals surface area contributed by atoms with Crippen molar-refractivity contribution in [3.05, 3.63) is 82.7 Å². The highest BCUT2D eigenvalue weighted by Gasteiger charge is 2.33. The lowest BCUT2D eigenvalue weighted by Gasteiger charge is -2.14. The Balaban J connectivity index is 1.57. The van der Waals surface area contributed by atoms with Crippen LogP contribution in [0.2, 0.25) is 0 Å². The summed E-state index contributed by atoms with van der Waals surface area (Å²) in [6.45, 7) is 0. The number of amides is 1. The van der Waals surface area contributed by atoms with Gasteiger partial charge < -0.3 is 9.52 Å². The molecule has 29 heavy (non-hydrogen) atoms. The summed E-state index contributed by atoms with van der Waals surface area (Å²) < 4.78 is 19.3. The maximum absolute atomic E-state index is 13.1. The summed E-state index contributed by atoms with van der Waals surface area (Å²) in [5, 5.41) is 8.97. The first kappa shape index (κ1) is 19.1. The molecule has 2 heterocycles. The number of thiocarbonyl (C=S) groups is 1. The molecule has 1 aromatic heterocycles. The fourth-order valence-corrected chi connectivity index (χ4v) is 4.05. The number of anilines is 1. The molecular formula is C21H12FNO4S2. The van der Waals surface area contributed by atoms with Gasteiger partial charge in [-0.15, -0.1) is 0 Å². The number of benzene rings is 2. The molecule has 1 aliphatic heterocycles. The summed E-state index contributed by atoms with van der Waals surface area (Å²) in [5.41, 5.74) is 1.40. The van der Waals surface area contributed by atoms with Crippen LogP contribution in [0.4, 0.5) is 10.1 Å². The van der Waals surface area contributed by atoms with Crippen molar-refractivity contribution in [1.82, 2.24) is 0 Å². The van der Waals surface area contributed by atoms with E-state index in [4.69, 9.17) is 21.7 Å². The molecule has 2 aromatic carbocycles. The molecule has 0 atom stereocenters. The van der Waals surface area contributed by atoms with Gasteiger partial charge >= 0.3 is 5.97 Å². The summed E-state index contributed by atoms with van der Waals surface area (Å²) in [6.07, 6.45) is 1.60. The van der Waals surface area contributed by atoms with Crippen LogP contribution in [0, 0.1) is 5.82 Å². The van der Waals surface area contributed by atoms with Crippen molar-refractivity contribution in [2.75, 3.05) is 4.90 Å². The molecule has 1 N–H and O–H groups in total. The van der Waals surface area contributed by atoms with Gasteiger partial charge in [0.2, 0.25) is 0 Å². The lowest BCUT2D eigenvalue weighted by Crippen LogP contribution is -2.27. The van der Waals surface area contributed by atoms with Crippen molar-refractivity contribution in [1.29, 1.82) is 0 Å². The molecule has 0 unspecified atom stereocenters. The number of hydrogen-bond acceptors (Lipinski definition) is 5. The Morgan fingerprint density at radius 2 is 1.76 bits per heavy atom. The van der Waals surface area contributed by atoms with Crippen LogP contribution in [0.5, 0.6) is 0 Å². The number of carboxylic acid groups (broad SMARTS) is 1. The Kier molecular flexibility index (Phi) is 5.04. The minimum Gasteiger partial charge on any atom is -0.478 e. The summed E-state index contributed by atoms with van der Waals surface area (Å²) in [7, 11) is 0. The highest BCUT2D eigenvalue weighted by atomic mass is 32.2. The van der Waals surface area contributed by atoms with Crippen LogP contribution >= 0.6 is 24.0 Å². The SMILES string of the molecule is O=C(O)c1ccc(-c2ccc(/C=C3\SC(=S)N(c4ccc(F)cc4)C3=O)o2)cc1. The Hall–Kier alpha value is -3.23. The van der Waals surface area contributed by atoms with Gasteiger partial charge in [-0.25, -0.2) is 9.18 Å². The van der Waals surface area contributed by atoms with Crippen molar-refractivity contribution in [3.8, 4) is 11.3 Å². The van der Waals surface area contributed by atoms with Gasteiger partial charge in [0.25, 0.3) is 5.91 Å². The standard InChI is InChI=1S/C21H12FNO4S2/c22-14-5-7-15(8-6-14)23-19(24)18(29-21(23)28)11-16-9-10-17(27-16)12-1-3-13(4-2-12)20(25)26/h1-11H,(H,25,26)/b18-11-. The Morgan fingerprint density at radius 1 is 1.07 bits per heavy atom. The summed E-state index contributed by atoms with van der Waals surface area (Å²) >= 11 is 6.43. The molecule has 4 rings (SSSR count). The topological polar surface area (TPSA) is 70.8 Å². The molecule has 0 spiro atoms. The molecule has 1 fully saturated rings. The van der Waals surface area contributed by atoms with Crippen LogP contribution < -0.4 is 4.90 Å². The zero-order valence-corrected chi connectivity index (χ0v) is 16.3. The second-order valence-corrected chi connectivity index (χ2v) is 7.75. The minimum absolute atomic E-state index is 0.185. The highest BCUT2D eigenvalue weighted by molar-refractivity contribution is 8.27. The normalized spacial score (nSPS) is 15.3. The van der Waals surface area contributed by atoms with E-state index in [0.29, 0.717) is 32.0 Å². The zero-order valence-electron chi connectivity index (χ0n) is 14.7. The smallest absolute Gasteiger partial charge is 0.335 e. The molecular weight excluding hydrogens is 413 g/mol. The van der Waals surface area contributed by atoms with E-state index in [1.807, 2.05) is 0 Å². The number of furan rings is 1. The second-order valence-electron chi connectivity index (χ2n) is 6.08. The van der Waals surface area contributed by atoms with Crippen LogP contribution in [0.1, 0.15) is 16.1 Å². The van der Waals surface area contributed by atoms with Gasteiger partial charge in [0.15, 0.2) is 4.32 Å². The molecule has 144 valence electrons. The number of nitrogens with zero attached hydrogens (tertiary/aromatic N) is 1. The molecule has 1 aliphatic rings. The number of carbonyl (C=O) groups is 2. The minimum atomic E-state index is -1.00. The van der Waals surface area contributed by atoms with E-state index in [-0.39, 0.29) is 11.5 Å². The Morgan fingerprint density at radius 3 is 2.41 bits per heavy atom. The van der Waals surface area contributed by atoms with Crippen LogP contribution in [0.3, 0.4) is 0 Å². The van der Waals surface area contributed by atoms with Crippen molar-refractivity contribution in [3.63, 3.8) is 0 Å². The van der Waals surface area contributed by atoms with E-state index in [9.17, 15) is 14.0 Å². The van der Waals surface area contributed by atoms with Gasteiger partial charge in [-0.05, 0) is 48.5 Å². The number of aromatic carboxylic acids is 1. The summed E-state index contributed by atoms with van der Waals surface area (Å²) in [6, 6.07) is 15.3. The lowest BCUT2D eigenvalue weighted by molar-refractivity contribution is -0.113. The van der Waals surface area contributed by atoms with Gasteiger partial charge in [0.05, 0.1) is 16.2 Å². The maximum Gasteiger partial charge on any atom is 0.335 e. The predicted molar refractivity (Wildman–Crippen MR) is 113 cm³/mol. The van der Waals surface area contributed by atoms with E-state index in [2.05, 4.69) is 0 Å². The molecule has 3 aromatic rings. The fraction of sp³-hybridized carbons (Fsp3) is 0. The maximum atomic E-state index is 13.1. The van der Waals surface area contributed by atoms with E-state index < -0.39 is 11.8 Å². The quantitative estimate of drug-likeness (QED) is 0.458. The number of rotatable bonds is 4. The third-order valence-corrected chi connectivity index (χ3v) is 5.50. The van der Waals surface area contributed by atoms with Gasteiger partial charge in [0, 0.05) is 11.6 Å². The predicted octanol–water partition coefficient (Wildman–Crippen LogP) is 5.19. The number of carbonyl (C=O) groups excluding carboxylic acids is 1. The molecule has 0 aliphatic carbocycles. The zero-order chi connectivity index (χ0) is 20.5. The molecule has 0 bridgehead atoms. The van der Waals surface area contributed by atoms with Crippen molar-refractivity contribution < 1.29 is 23.5 Å². The number of thioether (sulfide) groups is 1. The first-order chi connectivity index (χ1) is 13.9. The summed E-state index contributed by atoms with van der Waals surface area (Å²) in [5.74, 6) is -0.700. The molecule has 0 radical (unpaired) electrons. The number of halogens is 1. The van der Waals surface area contributed by atoms with Crippen LogP contribution in [-0.4, -0.2) is 21.3 Å². The number of carboxylic acids is 1. The largest absolute Gasteiger partial charge is 0.478 e. The van der Waals surface area contributed by atoms with E-state index in [0.717, 1.165) is 11.8 Å². The second kappa shape index (κ2) is 7.65. The number of hydrogen-bond donors (Lipinski definition) is 1. The van der Waals surface area contributed by atoms with Crippen LogP contribution in [-0.2, 0) is 4.79 Å². The van der Waals surface area contributed by atoms with Crippen molar-refractivity contribution in [2.45, 2.75) is 0 Å². The molecule has 1 amide bonds. The van der Waals surface area contributed by atoms with Crippen LogP contribution in [0.15, 0.2) is 70.0 Å². The molecule has 5 nitrogen and oxygen atoms in total. The fourth-order valence-electron chi connectivity index (χ4n) is 2.77. The molecule has 0 saturated carbocycles. The highest BCUT2D eigenvalue weighted by Crippen LogP contribution is 2.36. The van der Waals surface area contributed by atoms with E-state index in [1.165, 1.54) is 41.3 Å². The molecule has 8 heteroatoms. The average Bonchev–Trinajstić information content (AvgIpc) is 3.28. The van der Waals surface area contributed by atoms with Crippen molar-refractivity contribution in [2.24, 2.45) is 0 Å². The monoisotopic (exact) mass is 425 g/mol. The third kappa shape index (κ3) is 3.85. The Bertz CT molecular complexity index is 1150. The third-order valence-electron chi connectivity index (χ3n) is 4.20. The van der Waals surface area contributed by atoms with E-state index in [1.54, 1.807) is 30.3 Å². The van der Waals surface area contributed by atoms with E-state index >= 15 is 0 Å². The van der Waals surface area contributed by atoms with Gasteiger partial charge in [-0.2, -0.15) is 0 Å². The van der Waals surface area contributed by atoms with Crippen molar-refractivity contribution >= 4 is 51.9 Å². The summed E-state index contributed by atoms with van der Waals surface area (Å²) in [4.78, 5) is 25.4. The lowest BCUT2D eigenvalue weighted by atomic mass is 10.1. The Labute approximate surface area is 174 Å². The first-order valence-electron chi connectivity index (χ1n) is 8.39. The first-order valence-corrected chi connectivity index (χ1v) is 9.62. The van der Waals surface area contributed by atoms with Gasteiger partial charge in [-0.3, -0.25) is 9.69 Å². The molecule has 1 saturated heterocycles. The van der Waals surface area contributed by atoms with Gasteiger partial charge in [0.1, 0.15) is 17.3 Å². The van der Waals surface area contributed by atoms with Gasteiger partial charge in [-0.1, -0.05) is 36.1 Å².